The molecule has 0 unspecified atom stereocenters. The number of rotatable bonds is 48. The maximum Gasteiger partial charge on any atom is 0.306 e. The number of ether oxygens (including phenoxy) is 3. The molecule has 0 spiro atoms. The first-order valence-corrected chi connectivity index (χ1v) is 26.8. The van der Waals surface area contributed by atoms with Crippen LogP contribution in [0.15, 0.2) is 60.8 Å². The van der Waals surface area contributed by atoms with Gasteiger partial charge in [-0.25, -0.2) is 0 Å². The van der Waals surface area contributed by atoms with Crippen molar-refractivity contribution in [1.82, 2.24) is 0 Å². The molecule has 1 atom stereocenters. The van der Waals surface area contributed by atoms with Gasteiger partial charge in [0.1, 0.15) is 13.2 Å². The molecule has 0 aliphatic carbocycles. The highest BCUT2D eigenvalue weighted by atomic mass is 16.6. The van der Waals surface area contributed by atoms with Gasteiger partial charge in [-0.3, -0.25) is 14.4 Å². The standard InChI is InChI=1S/C57H100O6/c1-4-7-10-13-16-19-22-25-28-31-34-37-40-43-46-49-55(58)61-52-54(63-57(60)51-48-45-42-39-36-33-30-27-24-21-18-15-12-9-6-3)53-62-56(59)50-47-44-41-38-35-32-29-26-23-20-17-14-11-8-5-2/h16,18-19,21,25-30,54H,4-15,17,20,22-24,31-53H2,1-3H3/b19-16+,21-18+,28-25+,29-26+,30-27+/t54-/m0/s1. The summed E-state index contributed by atoms with van der Waals surface area (Å²) in [7, 11) is 0. The highest BCUT2D eigenvalue weighted by molar-refractivity contribution is 5.71. The fourth-order valence-electron chi connectivity index (χ4n) is 7.38. The summed E-state index contributed by atoms with van der Waals surface area (Å²) in [6.07, 6.45) is 63.4. The quantitative estimate of drug-likeness (QED) is 0.0262. The van der Waals surface area contributed by atoms with Crippen molar-refractivity contribution in [3.63, 3.8) is 0 Å². The molecular formula is C57H100O6. The van der Waals surface area contributed by atoms with Crippen LogP contribution in [0.1, 0.15) is 265 Å². The van der Waals surface area contributed by atoms with Crippen LogP contribution in [0.25, 0.3) is 0 Å². The van der Waals surface area contributed by atoms with E-state index in [9.17, 15) is 14.4 Å². The van der Waals surface area contributed by atoms with E-state index >= 15 is 0 Å². The molecule has 0 fully saturated rings. The molecule has 6 nitrogen and oxygen atoms in total. The van der Waals surface area contributed by atoms with Crippen LogP contribution in [0, 0.1) is 0 Å². The van der Waals surface area contributed by atoms with E-state index in [-0.39, 0.29) is 31.1 Å². The Balaban J connectivity index is 4.44. The van der Waals surface area contributed by atoms with Gasteiger partial charge in [0.05, 0.1) is 0 Å². The molecule has 6 heteroatoms. The number of allylic oxidation sites excluding steroid dienone is 10. The van der Waals surface area contributed by atoms with Gasteiger partial charge >= 0.3 is 17.9 Å². The van der Waals surface area contributed by atoms with E-state index in [2.05, 4.69) is 81.5 Å². The topological polar surface area (TPSA) is 78.9 Å². The maximum absolute atomic E-state index is 12.8. The van der Waals surface area contributed by atoms with Crippen molar-refractivity contribution in [2.45, 2.75) is 271 Å². The van der Waals surface area contributed by atoms with Gasteiger partial charge in [-0.15, -0.1) is 0 Å². The lowest BCUT2D eigenvalue weighted by molar-refractivity contribution is -0.167. The fourth-order valence-corrected chi connectivity index (χ4v) is 7.38. The van der Waals surface area contributed by atoms with Crippen molar-refractivity contribution in [3.05, 3.63) is 60.8 Å². The van der Waals surface area contributed by atoms with Crippen LogP contribution < -0.4 is 0 Å². The summed E-state index contributed by atoms with van der Waals surface area (Å²) in [5.41, 5.74) is 0. The number of esters is 3. The summed E-state index contributed by atoms with van der Waals surface area (Å²) >= 11 is 0. The largest absolute Gasteiger partial charge is 0.462 e. The molecule has 0 amide bonds. The number of carbonyl (C=O) groups excluding carboxylic acids is 3. The molecule has 0 aromatic carbocycles. The van der Waals surface area contributed by atoms with Crippen LogP contribution in [-0.2, 0) is 28.6 Å². The molecule has 0 radical (unpaired) electrons. The van der Waals surface area contributed by atoms with Gasteiger partial charge in [-0.2, -0.15) is 0 Å². The molecular weight excluding hydrogens is 781 g/mol. The van der Waals surface area contributed by atoms with Gasteiger partial charge in [0.2, 0.25) is 0 Å². The summed E-state index contributed by atoms with van der Waals surface area (Å²) in [5.74, 6) is -0.919. The molecule has 63 heavy (non-hydrogen) atoms. The van der Waals surface area contributed by atoms with E-state index in [1.54, 1.807) is 0 Å². The molecule has 0 heterocycles. The minimum absolute atomic E-state index is 0.0885. The number of hydrogen-bond donors (Lipinski definition) is 0. The Morgan fingerprint density at radius 1 is 0.317 bits per heavy atom. The van der Waals surface area contributed by atoms with Crippen LogP contribution in [0.4, 0.5) is 0 Å². The minimum Gasteiger partial charge on any atom is -0.462 e. The SMILES string of the molecule is CCCCC/C=C/C/C=C/CCCCCCCC(=O)OC[C@@H](COC(=O)CCCCCCC/C=C/CCCCCCCC)OC(=O)CCCCCCC/C=C/C/C=C/CCCCC. The average Bonchev–Trinajstić information content (AvgIpc) is 3.28. The zero-order valence-corrected chi connectivity index (χ0v) is 41.6. The lowest BCUT2D eigenvalue weighted by Gasteiger charge is -2.18. The van der Waals surface area contributed by atoms with Crippen molar-refractivity contribution in [2.24, 2.45) is 0 Å². The number of carbonyl (C=O) groups is 3. The summed E-state index contributed by atoms with van der Waals surface area (Å²) in [6.45, 7) is 6.56. The molecule has 0 aliphatic rings. The number of unbranched alkanes of at least 4 members (excludes halogenated alkanes) is 27. The summed E-state index contributed by atoms with van der Waals surface area (Å²) in [6, 6.07) is 0. The van der Waals surface area contributed by atoms with E-state index in [1.807, 2.05) is 0 Å². The highest BCUT2D eigenvalue weighted by Crippen LogP contribution is 2.14. The molecule has 0 N–H and O–H groups in total. The number of hydrogen-bond acceptors (Lipinski definition) is 6. The van der Waals surface area contributed by atoms with Crippen LogP contribution in [0.2, 0.25) is 0 Å². The van der Waals surface area contributed by atoms with E-state index in [4.69, 9.17) is 14.2 Å². The Hall–Kier alpha value is -2.89. The van der Waals surface area contributed by atoms with Crippen molar-refractivity contribution in [1.29, 1.82) is 0 Å². The normalized spacial score (nSPS) is 12.5. The van der Waals surface area contributed by atoms with Gasteiger partial charge in [0, 0.05) is 19.3 Å². The Morgan fingerprint density at radius 2 is 0.571 bits per heavy atom. The van der Waals surface area contributed by atoms with E-state index in [0.717, 1.165) is 109 Å². The second-order valence-electron chi connectivity index (χ2n) is 17.8. The van der Waals surface area contributed by atoms with E-state index in [1.165, 1.54) is 116 Å². The second-order valence-corrected chi connectivity index (χ2v) is 17.8. The van der Waals surface area contributed by atoms with Crippen LogP contribution in [0.5, 0.6) is 0 Å². The fraction of sp³-hybridized carbons (Fsp3) is 0.772. The van der Waals surface area contributed by atoms with Gasteiger partial charge in [0.25, 0.3) is 0 Å². The lowest BCUT2D eigenvalue weighted by atomic mass is 10.1. The zero-order valence-electron chi connectivity index (χ0n) is 41.6. The Morgan fingerprint density at radius 3 is 0.921 bits per heavy atom. The van der Waals surface area contributed by atoms with Crippen molar-refractivity contribution in [2.75, 3.05) is 13.2 Å². The van der Waals surface area contributed by atoms with Gasteiger partial charge in [-0.05, 0) is 109 Å². The zero-order chi connectivity index (χ0) is 45.8. The Bertz CT molecular complexity index is 1150. The van der Waals surface area contributed by atoms with Crippen molar-refractivity contribution < 1.29 is 28.6 Å². The van der Waals surface area contributed by atoms with Crippen LogP contribution >= 0.6 is 0 Å². The summed E-state index contributed by atoms with van der Waals surface area (Å²) in [4.78, 5) is 38.0. The van der Waals surface area contributed by atoms with E-state index in [0.29, 0.717) is 19.3 Å². The first-order chi connectivity index (χ1) is 31.0. The first-order valence-electron chi connectivity index (χ1n) is 26.8. The monoisotopic (exact) mass is 881 g/mol. The third-order valence-corrected chi connectivity index (χ3v) is 11.5. The molecule has 364 valence electrons. The van der Waals surface area contributed by atoms with Gasteiger partial charge in [-0.1, -0.05) is 197 Å². The molecule has 0 rings (SSSR count). The third kappa shape index (κ3) is 50.0. The molecule has 0 aromatic heterocycles. The molecule has 0 aliphatic heterocycles. The first kappa shape index (κ1) is 60.1. The van der Waals surface area contributed by atoms with Crippen LogP contribution in [0.3, 0.4) is 0 Å². The Labute approximate surface area is 390 Å². The predicted molar refractivity (Wildman–Crippen MR) is 270 cm³/mol. The maximum atomic E-state index is 12.8. The highest BCUT2D eigenvalue weighted by Gasteiger charge is 2.19. The lowest BCUT2D eigenvalue weighted by Crippen LogP contribution is -2.30. The third-order valence-electron chi connectivity index (χ3n) is 11.5. The van der Waals surface area contributed by atoms with E-state index < -0.39 is 6.10 Å². The smallest absolute Gasteiger partial charge is 0.306 e. The molecule has 0 saturated carbocycles. The van der Waals surface area contributed by atoms with Gasteiger partial charge in [0.15, 0.2) is 6.10 Å². The molecule has 0 saturated heterocycles. The predicted octanol–water partition coefficient (Wildman–Crippen LogP) is 17.6. The van der Waals surface area contributed by atoms with Crippen molar-refractivity contribution in [3.8, 4) is 0 Å². The summed E-state index contributed by atoms with van der Waals surface area (Å²) in [5, 5.41) is 0. The van der Waals surface area contributed by atoms with Crippen molar-refractivity contribution >= 4 is 17.9 Å². The molecule has 0 bridgehead atoms. The van der Waals surface area contributed by atoms with Crippen LogP contribution in [-0.4, -0.2) is 37.2 Å². The molecule has 0 aromatic rings. The second kappa shape index (κ2) is 51.7. The van der Waals surface area contributed by atoms with Gasteiger partial charge < -0.3 is 14.2 Å². The Kier molecular flexibility index (Phi) is 49.4. The summed E-state index contributed by atoms with van der Waals surface area (Å²) < 4.78 is 16.8. The minimum atomic E-state index is -0.790. The average molecular weight is 881 g/mol.